The van der Waals surface area contributed by atoms with Crippen molar-refractivity contribution in [2.75, 3.05) is 31.5 Å². The number of aromatic nitrogens is 13. The Labute approximate surface area is 827 Å². The number of pyridine rings is 1. The minimum atomic E-state index is -0.232. The number of anilines is 1. The van der Waals surface area contributed by atoms with Gasteiger partial charge in [-0.05, 0) is 246 Å². The van der Waals surface area contributed by atoms with Gasteiger partial charge in [-0.2, -0.15) is 0 Å². The second-order valence-electron chi connectivity index (χ2n) is 36.1. The highest BCUT2D eigenvalue weighted by Crippen LogP contribution is 2.42. The van der Waals surface area contributed by atoms with Crippen LogP contribution in [-0.4, -0.2) is 138 Å². The third-order valence-corrected chi connectivity index (χ3v) is 26.3. The lowest BCUT2D eigenvalue weighted by atomic mass is 10.0. The maximum absolute atomic E-state index is 12.8. The molecule has 142 heavy (non-hydrogen) atoms. The van der Waals surface area contributed by atoms with Gasteiger partial charge in [0.25, 0.3) is 17.7 Å². The molecule has 0 aliphatic carbocycles. The zero-order valence-corrected chi connectivity index (χ0v) is 81.8. The van der Waals surface area contributed by atoms with Gasteiger partial charge >= 0.3 is 0 Å². The first kappa shape index (κ1) is 97.2. The number of nitrogens with zero attached hydrogens (tertiary/aromatic N) is 17. The van der Waals surface area contributed by atoms with Crippen LogP contribution < -0.4 is 19.5 Å². The van der Waals surface area contributed by atoms with Crippen LogP contribution in [0.4, 0.5) is 5.82 Å². The fraction of sp³-hybridized carbons (Fsp3) is 0.276. The Morgan fingerprint density at radius 1 is 0.359 bits per heavy atom. The Kier molecular flexibility index (Phi) is 30.8. The minimum Gasteiger partial charge on any atom is -0.489 e. The summed E-state index contributed by atoms with van der Waals surface area (Å²) in [7, 11) is 0. The Balaban J connectivity index is 0.000000130. The molecule has 0 saturated carbocycles. The van der Waals surface area contributed by atoms with E-state index < -0.39 is 0 Å². The van der Waals surface area contributed by atoms with Crippen molar-refractivity contribution in [1.82, 2.24) is 82.1 Å². The molecule has 20 rings (SSSR count). The van der Waals surface area contributed by atoms with Crippen LogP contribution in [0.25, 0.3) is 67.1 Å². The molecule has 4 aliphatic heterocycles. The average Bonchev–Trinajstić information content (AvgIpc) is 1.62. The normalized spacial score (nSPS) is 15.6. The Bertz CT molecular complexity index is 7480. The van der Waals surface area contributed by atoms with E-state index >= 15 is 0 Å². The first-order valence-electron chi connectivity index (χ1n) is 48.6. The molecule has 1 N–H and O–H groups in total. The number of hydrogen-bond donors (Lipinski definition) is 1. The van der Waals surface area contributed by atoms with Gasteiger partial charge in [-0.25, -0.2) is 24.9 Å². The molecule has 26 heteroatoms. The van der Waals surface area contributed by atoms with Gasteiger partial charge in [0.1, 0.15) is 66.2 Å². The number of nitrogens with one attached hydrogen (secondary N) is 1. The summed E-state index contributed by atoms with van der Waals surface area (Å²) in [4.78, 5) is 114. The molecule has 13 heterocycles. The van der Waals surface area contributed by atoms with Crippen LogP contribution in [0.2, 0.25) is 0 Å². The van der Waals surface area contributed by atoms with E-state index in [0.29, 0.717) is 57.4 Å². The minimum absolute atomic E-state index is 0.0506. The van der Waals surface area contributed by atoms with Crippen molar-refractivity contribution in [3.05, 3.63) is 354 Å². The van der Waals surface area contributed by atoms with E-state index in [2.05, 4.69) is 168 Å². The molecule has 0 bridgehead atoms. The quantitative estimate of drug-likeness (QED) is 0.0517. The predicted octanol–water partition coefficient (Wildman–Crippen LogP) is 21.8. The summed E-state index contributed by atoms with van der Waals surface area (Å²) in [6.45, 7) is 29.2. The molecule has 0 radical (unpaired) electrons. The zero-order valence-electron chi connectivity index (χ0n) is 81.8. The summed E-state index contributed by atoms with van der Waals surface area (Å²) in [5, 5.41) is 2.80. The van der Waals surface area contributed by atoms with Crippen LogP contribution in [0.3, 0.4) is 0 Å². The van der Waals surface area contributed by atoms with E-state index in [-0.39, 0.29) is 53.7 Å². The van der Waals surface area contributed by atoms with Crippen molar-refractivity contribution in [3.63, 3.8) is 0 Å². The number of imidazole rings is 4. The molecular formula is C116H116N18O8. The van der Waals surface area contributed by atoms with E-state index in [4.69, 9.17) is 34.1 Å². The number of ether oxygens (including phenoxy) is 3. The summed E-state index contributed by atoms with van der Waals surface area (Å²) >= 11 is 0. The third-order valence-electron chi connectivity index (χ3n) is 26.3. The van der Waals surface area contributed by atoms with Crippen molar-refractivity contribution in [2.24, 2.45) is 0 Å². The number of hydrogen-bond acceptors (Lipinski definition) is 17. The number of rotatable bonds is 21. The second-order valence-corrected chi connectivity index (χ2v) is 36.1. The molecule has 4 aliphatic rings. The molecule has 9 aromatic heterocycles. The average molecular weight is 1890 g/mol. The van der Waals surface area contributed by atoms with Crippen LogP contribution in [0.15, 0.2) is 269 Å². The van der Waals surface area contributed by atoms with E-state index in [1.807, 2.05) is 174 Å². The molecule has 4 saturated heterocycles. The number of carbonyl (C=O) groups is 5. The Morgan fingerprint density at radius 2 is 0.704 bits per heavy atom. The standard InChI is InChI=1S/2C30H30N4O2.C29H30N4O2.C27H26N6O2/c1-4-9-27(35)33-16-6-5-14-26(33)30-32-28(29-22(3)31-15-17-34(29)30)24-12-8-13-25(19-24)36-20-23-11-7-10-21(2)18-23;1-4-8-27(35)33-17-6-5-11-26(33)30-32-28(29-22(3)31-16-18-34(29)30)24-14-12-23(13-15-24)20-36-25-10-7-9-21(2)19-25;1-4-26(34)32-15-6-5-13-25(32)29-31-27(28-21(3)30-14-16-33(28)29)23-11-8-12-24(18-23)35-19-22-10-7-9-20(2)17-22;1-3-23(34)32-16-7-5-8-21(32)26-31-24(25-18(2)28-15-17-33(25)26)19-10-12-20(13-11-19)27(35)30-22-9-4-6-14-29-22/h7-8,10-13,15,17-19,26H,5-6,14,16,20H2,1-3H3;7,9-10,12-16,18-19,26H,5-6,11,17,20H2,1-3H3;4,7-12,14,16-18,25H,1,5-6,13,15,19H2,2-3H3;3-4,6,9-15,17,21H,1,5,7-8,16H2,2H3,(H,29,30,35)/t2*26-;25-;21-/m0000/s1. The SMILES string of the molecule is C=CC(=O)N1CCCC[C@H]1c1nc(-c2ccc(C(=O)Nc3ccccn3)cc2)c2c(C)nccn12.C=CC(=O)N1CCCC[C@H]1c1nc(-c2cccc(OCc3cccc(C)c3)c2)c2c(C)nccn12.CC#CC(=O)N1CCCC[C@H]1c1nc(-c2ccc(COc3cccc(C)c3)cc2)c2c(C)nccn12.CC#CC(=O)N1CCCC[C@H]1c1nc(-c2cccc(OCc3cccc(C)c3)c2)c2c(C)nccn12. The van der Waals surface area contributed by atoms with Gasteiger partial charge in [0.2, 0.25) is 11.8 Å². The molecule has 0 unspecified atom stereocenters. The van der Waals surface area contributed by atoms with Crippen LogP contribution >= 0.6 is 0 Å². The zero-order chi connectivity index (χ0) is 98.9. The van der Waals surface area contributed by atoms with Crippen LogP contribution in [0.1, 0.15) is 205 Å². The highest BCUT2D eigenvalue weighted by molar-refractivity contribution is 6.04. The van der Waals surface area contributed by atoms with E-state index in [0.717, 1.165) is 224 Å². The summed E-state index contributed by atoms with van der Waals surface area (Å²) in [6, 6.07) is 61.3. The van der Waals surface area contributed by atoms with Gasteiger partial charge in [0.05, 0.1) is 91.8 Å². The number of fused-ring (bicyclic) bond motifs is 4. The van der Waals surface area contributed by atoms with Gasteiger partial charge in [-0.3, -0.25) is 61.5 Å². The van der Waals surface area contributed by atoms with Gasteiger partial charge < -0.3 is 39.1 Å². The van der Waals surface area contributed by atoms with E-state index in [9.17, 15) is 24.0 Å². The van der Waals surface area contributed by atoms with Crippen LogP contribution in [0.5, 0.6) is 17.2 Å². The van der Waals surface area contributed by atoms with E-state index in [1.54, 1.807) is 69.1 Å². The van der Waals surface area contributed by atoms with Gasteiger partial charge in [-0.1, -0.05) is 164 Å². The summed E-state index contributed by atoms with van der Waals surface area (Å²) in [5.41, 5.74) is 21.9. The lowest BCUT2D eigenvalue weighted by Gasteiger charge is -2.34. The molecule has 718 valence electrons. The molecule has 5 amide bonds. The molecule has 0 spiro atoms. The van der Waals surface area contributed by atoms with Gasteiger partial charge in [-0.15, -0.1) is 0 Å². The number of benzene rings is 7. The lowest BCUT2D eigenvalue weighted by molar-refractivity contribution is -0.130. The molecule has 4 atom stereocenters. The number of likely N-dealkylation sites (tertiary alicyclic amines) is 4. The maximum atomic E-state index is 12.8. The Morgan fingerprint density at radius 3 is 1.07 bits per heavy atom. The van der Waals surface area contributed by atoms with Crippen molar-refractivity contribution in [3.8, 4) is 86.0 Å². The van der Waals surface area contributed by atoms with Crippen LogP contribution in [0, 0.1) is 72.1 Å². The Hall–Kier alpha value is -16.5. The smallest absolute Gasteiger partial charge is 0.299 e. The predicted molar refractivity (Wildman–Crippen MR) is 552 cm³/mol. The van der Waals surface area contributed by atoms with Gasteiger partial charge in [0.15, 0.2) is 0 Å². The topological polar surface area (TPSA) is 272 Å². The monoisotopic (exact) mass is 1890 g/mol. The van der Waals surface area contributed by atoms with Crippen molar-refractivity contribution < 1.29 is 38.2 Å². The van der Waals surface area contributed by atoms with Crippen LogP contribution in [-0.2, 0) is 39.0 Å². The fourth-order valence-corrected chi connectivity index (χ4v) is 19.5. The lowest BCUT2D eigenvalue weighted by Crippen LogP contribution is -2.38. The molecular weight excluding hydrogens is 1770 g/mol. The highest BCUT2D eigenvalue weighted by Gasteiger charge is 2.37. The van der Waals surface area contributed by atoms with Crippen molar-refractivity contribution in [1.29, 1.82) is 0 Å². The molecule has 16 aromatic rings. The van der Waals surface area contributed by atoms with E-state index in [1.165, 1.54) is 28.8 Å². The van der Waals surface area contributed by atoms with Crippen molar-refractivity contribution in [2.45, 2.75) is 183 Å². The number of amides is 5. The largest absolute Gasteiger partial charge is 0.489 e. The highest BCUT2D eigenvalue weighted by atomic mass is 16.5. The summed E-state index contributed by atoms with van der Waals surface area (Å²) in [5.74, 6) is 16.6. The van der Waals surface area contributed by atoms with Gasteiger partial charge in [0, 0.05) is 110 Å². The second kappa shape index (κ2) is 45.0. The summed E-state index contributed by atoms with van der Waals surface area (Å²) < 4.78 is 26.5. The number of aryl methyl sites for hydroxylation is 7. The fourth-order valence-electron chi connectivity index (χ4n) is 19.5. The van der Waals surface area contributed by atoms with Crippen molar-refractivity contribution >= 4 is 57.4 Å². The number of piperidine rings is 4. The molecule has 26 nitrogen and oxygen atoms in total. The number of carbonyl (C=O) groups excluding carboxylic acids is 5. The molecule has 7 aromatic carbocycles. The summed E-state index contributed by atoms with van der Waals surface area (Å²) in [6.07, 6.45) is 30.8. The molecule has 4 fully saturated rings. The third kappa shape index (κ3) is 22.0. The maximum Gasteiger partial charge on any atom is 0.299 e. The first-order valence-corrected chi connectivity index (χ1v) is 48.6. The first-order chi connectivity index (χ1) is 69.2.